The van der Waals surface area contributed by atoms with Gasteiger partial charge in [-0.3, -0.25) is 9.78 Å². The SMILES string of the molecule is O=C(CN(CCc1ccccc1)S(=O)(=O)c1ccccc1)N/N=C\c1ccncc1. The minimum atomic E-state index is -3.83. The van der Waals surface area contributed by atoms with Gasteiger partial charge in [-0.2, -0.15) is 9.41 Å². The predicted octanol–water partition coefficient (Wildman–Crippen LogP) is 2.47. The molecule has 1 amide bonds. The Hall–Kier alpha value is -3.36. The summed E-state index contributed by atoms with van der Waals surface area (Å²) in [5.41, 5.74) is 4.14. The summed E-state index contributed by atoms with van der Waals surface area (Å²) in [7, 11) is -3.83. The van der Waals surface area contributed by atoms with Crippen LogP contribution >= 0.6 is 0 Å². The van der Waals surface area contributed by atoms with Crippen molar-refractivity contribution < 1.29 is 13.2 Å². The van der Waals surface area contributed by atoms with E-state index in [1.807, 2.05) is 30.3 Å². The summed E-state index contributed by atoms with van der Waals surface area (Å²) in [6.07, 6.45) is 5.18. The maximum absolute atomic E-state index is 13.1. The van der Waals surface area contributed by atoms with Crippen molar-refractivity contribution in [2.75, 3.05) is 13.1 Å². The van der Waals surface area contributed by atoms with Crippen molar-refractivity contribution in [3.63, 3.8) is 0 Å². The summed E-state index contributed by atoms with van der Waals surface area (Å²) in [4.78, 5) is 16.4. The van der Waals surface area contributed by atoms with Crippen LogP contribution in [0, 0.1) is 0 Å². The number of pyridine rings is 1. The first-order valence-electron chi connectivity index (χ1n) is 9.37. The fourth-order valence-corrected chi connectivity index (χ4v) is 4.17. The van der Waals surface area contributed by atoms with E-state index < -0.39 is 15.9 Å². The van der Waals surface area contributed by atoms with E-state index in [-0.39, 0.29) is 18.0 Å². The number of nitrogens with one attached hydrogen (secondary N) is 1. The average Bonchev–Trinajstić information content (AvgIpc) is 2.78. The molecule has 8 heteroatoms. The number of sulfonamides is 1. The molecule has 1 aromatic heterocycles. The Morgan fingerprint density at radius 2 is 1.60 bits per heavy atom. The number of carbonyl (C=O) groups excluding carboxylic acids is 1. The average molecular weight is 423 g/mol. The van der Waals surface area contributed by atoms with E-state index in [0.29, 0.717) is 6.42 Å². The van der Waals surface area contributed by atoms with Crippen LogP contribution < -0.4 is 5.43 Å². The van der Waals surface area contributed by atoms with Gasteiger partial charge in [0.2, 0.25) is 10.0 Å². The number of nitrogens with zero attached hydrogens (tertiary/aromatic N) is 3. The number of carbonyl (C=O) groups is 1. The molecule has 0 aliphatic heterocycles. The van der Waals surface area contributed by atoms with Crippen LogP contribution in [-0.2, 0) is 21.2 Å². The van der Waals surface area contributed by atoms with Crippen molar-refractivity contribution in [3.8, 4) is 0 Å². The van der Waals surface area contributed by atoms with E-state index in [1.54, 1.807) is 42.7 Å². The molecule has 0 spiro atoms. The Morgan fingerprint density at radius 1 is 0.967 bits per heavy atom. The van der Waals surface area contributed by atoms with E-state index in [4.69, 9.17) is 0 Å². The van der Waals surface area contributed by atoms with Gasteiger partial charge in [-0.15, -0.1) is 0 Å². The molecule has 0 saturated carbocycles. The molecule has 7 nitrogen and oxygen atoms in total. The number of rotatable bonds is 9. The van der Waals surface area contributed by atoms with Gasteiger partial charge in [0.25, 0.3) is 5.91 Å². The van der Waals surface area contributed by atoms with E-state index >= 15 is 0 Å². The van der Waals surface area contributed by atoms with Crippen LogP contribution in [0.5, 0.6) is 0 Å². The second-order valence-corrected chi connectivity index (χ2v) is 8.40. The normalized spacial score (nSPS) is 11.6. The van der Waals surface area contributed by atoms with Crippen molar-refractivity contribution in [2.45, 2.75) is 11.3 Å². The summed E-state index contributed by atoms with van der Waals surface area (Å²) in [5, 5.41) is 3.89. The molecular weight excluding hydrogens is 400 g/mol. The third kappa shape index (κ3) is 6.07. The molecule has 0 fully saturated rings. The highest BCUT2D eigenvalue weighted by Gasteiger charge is 2.26. The first kappa shape index (κ1) is 21.4. The van der Waals surface area contributed by atoms with E-state index in [0.717, 1.165) is 11.1 Å². The van der Waals surface area contributed by atoms with Crippen LogP contribution in [0.15, 0.2) is 95.2 Å². The maximum atomic E-state index is 13.1. The Kier molecular flexibility index (Phi) is 7.42. The molecular formula is C22H22N4O3S. The molecule has 0 bridgehead atoms. The van der Waals surface area contributed by atoms with Gasteiger partial charge in [0, 0.05) is 18.9 Å². The number of amides is 1. The van der Waals surface area contributed by atoms with Gasteiger partial charge >= 0.3 is 0 Å². The summed E-state index contributed by atoms with van der Waals surface area (Å²) in [6, 6.07) is 21.1. The number of hydrazone groups is 1. The molecule has 0 radical (unpaired) electrons. The van der Waals surface area contributed by atoms with Crippen LogP contribution in [-0.4, -0.2) is 42.9 Å². The molecule has 0 saturated heterocycles. The molecule has 1 heterocycles. The van der Waals surface area contributed by atoms with Crippen molar-refractivity contribution in [2.24, 2.45) is 5.10 Å². The summed E-state index contributed by atoms with van der Waals surface area (Å²) in [6.45, 7) is -0.166. The van der Waals surface area contributed by atoms with Crippen LogP contribution in [0.1, 0.15) is 11.1 Å². The van der Waals surface area contributed by atoms with Gasteiger partial charge in [0.05, 0.1) is 17.7 Å². The fraction of sp³-hybridized carbons (Fsp3) is 0.136. The minimum Gasteiger partial charge on any atom is -0.272 e. The lowest BCUT2D eigenvalue weighted by molar-refractivity contribution is -0.121. The Morgan fingerprint density at radius 3 is 2.27 bits per heavy atom. The smallest absolute Gasteiger partial charge is 0.255 e. The van der Waals surface area contributed by atoms with Gasteiger partial charge in [0.1, 0.15) is 0 Å². The number of benzene rings is 2. The molecule has 154 valence electrons. The third-order valence-corrected chi connectivity index (χ3v) is 6.16. The lowest BCUT2D eigenvalue weighted by Crippen LogP contribution is -2.40. The molecule has 3 rings (SSSR count). The van der Waals surface area contributed by atoms with Gasteiger partial charge in [-0.1, -0.05) is 48.5 Å². The van der Waals surface area contributed by atoms with Crippen LogP contribution in [0.25, 0.3) is 0 Å². The lowest BCUT2D eigenvalue weighted by Gasteiger charge is -2.21. The lowest BCUT2D eigenvalue weighted by atomic mass is 10.1. The number of hydrogen-bond donors (Lipinski definition) is 1. The quantitative estimate of drug-likeness (QED) is 0.424. The van der Waals surface area contributed by atoms with Crippen LogP contribution in [0.3, 0.4) is 0 Å². The van der Waals surface area contributed by atoms with Crippen LogP contribution in [0.2, 0.25) is 0 Å². The maximum Gasteiger partial charge on any atom is 0.255 e. The zero-order chi connectivity index (χ0) is 21.2. The van der Waals surface area contributed by atoms with Crippen molar-refractivity contribution in [1.29, 1.82) is 0 Å². The first-order valence-corrected chi connectivity index (χ1v) is 10.8. The molecule has 0 atom stereocenters. The van der Waals surface area contributed by atoms with Gasteiger partial charge < -0.3 is 0 Å². The summed E-state index contributed by atoms with van der Waals surface area (Å²) < 4.78 is 27.3. The molecule has 0 aliphatic rings. The predicted molar refractivity (Wildman–Crippen MR) is 115 cm³/mol. The highest BCUT2D eigenvalue weighted by Crippen LogP contribution is 2.16. The molecule has 30 heavy (non-hydrogen) atoms. The highest BCUT2D eigenvalue weighted by molar-refractivity contribution is 7.89. The van der Waals surface area contributed by atoms with Gasteiger partial charge in [0.15, 0.2) is 0 Å². The standard InChI is InChI=1S/C22H22N4O3S/c27-22(25-24-17-20-11-14-23-15-12-20)18-26(16-13-19-7-3-1-4-8-19)30(28,29)21-9-5-2-6-10-21/h1-12,14-15,17H,13,16,18H2,(H,25,27)/b24-17-. The third-order valence-electron chi connectivity index (χ3n) is 4.30. The molecule has 0 aliphatic carbocycles. The van der Waals surface area contributed by atoms with Crippen molar-refractivity contribution >= 4 is 22.1 Å². The zero-order valence-electron chi connectivity index (χ0n) is 16.3. The topological polar surface area (TPSA) is 91.7 Å². The summed E-state index contributed by atoms with van der Waals surface area (Å²) >= 11 is 0. The van der Waals surface area contributed by atoms with Gasteiger partial charge in [-0.05, 0) is 41.8 Å². The highest BCUT2D eigenvalue weighted by atomic mass is 32.2. The van der Waals surface area contributed by atoms with E-state index in [1.165, 1.54) is 22.7 Å². The van der Waals surface area contributed by atoms with Crippen molar-refractivity contribution in [1.82, 2.24) is 14.7 Å². The first-order chi connectivity index (χ1) is 14.6. The molecule has 3 aromatic rings. The fourth-order valence-electron chi connectivity index (χ4n) is 2.75. The zero-order valence-corrected chi connectivity index (χ0v) is 17.1. The molecule has 2 aromatic carbocycles. The second kappa shape index (κ2) is 10.4. The van der Waals surface area contributed by atoms with Gasteiger partial charge in [-0.25, -0.2) is 13.8 Å². The van der Waals surface area contributed by atoms with Crippen molar-refractivity contribution in [3.05, 3.63) is 96.3 Å². The summed E-state index contributed by atoms with van der Waals surface area (Å²) in [5.74, 6) is -0.520. The Labute approximate surface area is 176 Å². The number of hydrogen-bond acceptors (Lipinski definition) is 5. The largest absolute Gasteiger partial charge is 0.272 e. The number of aromatic nitrogens is 1. The Bertz CT molecular complexity index is 1070. The monoisotopic (exact) mass is 422 g/mol. The Balaban J connectivity index is 1.71. The molecule has 0 unspecified atom stereocenters. The molecule has 1 N–H and O–H groups in total. The second-order valence-electron chi connectivity index (χ2n) is 6.46. The van der Waals surface area contributed by atoms with Crippen LogP contribution in [0.4, 0.5) is 0 Å². The minimum absolute atomic E-state index is 0.145. The van der Waals surface area contributed by atoms with E-state index in [9.17, 15) is 13.2 Å². The van der Waals surface area contributed by atoms with E-state index in [2.05, 4.69) is 15.5 Å².